The molecule has 2 N–H and O–H groups in total. The van der Waals surface area contributed by atoms with Crippen molar-refractivity contribution in [1.82, 2.24) is 15.2 Å². The third-order valence-corrected chi connectivity index (χ3v) is 6.94. The number of H-pyrrole nitrogens is 1. The fourth-order valence-corrected chi connectivity index (χ4v) is 5.23. The molecule has 5 rings (SSSR count). The molecule has 2 atom stereocenters. The molecule has 10 heteroatoms. The molecule has 0 bridgehead atoms. The van der Waals surface area contributed by atoms with Gasteiger partial charge in [-0.25, -0.2) is 13.8 Å². The molecule has 0 aliphatic heterocycles. The average Bonchev–Trinajstić information content (AvgIpc) is 3.13. The number of thiazole rings is 1. The highest BCUT2D eigenvalue weighted by molar-refractivity contribution is 7.98. The summed E-state index contributed by atoms with van der Waals surface area (Å²) in [5, 5.41) is 10.8. The highest BCUT2D eigenvalue weighted by Gasteiger charge is 2.43. The van der Waals surface area contributed by atoms with Gasteiger partial charge in [0.1, 0.15) is 11.7 Å². The molecule has 0 spiro atoms. The van der Waals surface area contributed by atoms with Crippen molar-refractivity contribution in [3.8, 4) is 16.9 Å². The van der Waals surface area contributed by atoms with E-state index in [9.17, 15) is 9.18 Å². The Labute approximate surface area is 184 Å². The molecule has 0 radical (unpaired) electrons. The first-order valence-corrected chi connectivity index (χ1v) is 11.8. The molecular weight excluding hydrogens is 442 g/mol. The summed E-state index contributed by atoms with van der Waals surface area (Å²) < 4.78 is 34.8. The lowest BCUT2D eigenvalue weighted by atomic mass is 10.0. The minimum Gasteiger partial charge on any atom is -0.489 e. The van der Waals surface area contributed by atoms with Gasteiger partial charge in [-0.2, -0.15) is 5.10 Å². The van der Waals surface area contributed by atoms with Crippen LogP contribution in [0.25, 0.3) is 32.2 Å². The van der Waals surface area contributed by atoms with Gasteiger partial charge in [0.05, 0.1) is 33.8 Å². The van der Waals surface area contributed by atoms with E-state index in [1.807, 2.05) is 24.5 Å². The van der Waals surface area contributed by atoms with Crippen LogP contribution in [-0.4, -0.2) is 40.1 Å². The number of fused-ring (bicyclic) bond motifs is 2. The van der Waals surface area contributed by atoms with Gasteiger partial charge in [-0.3, -0.25) is 9.89 Å². The minimum atomic E-state index is -1.06. The van der Waals surface area contributed by atoms with Crippen molar-refractivity contribution in [3.63, 3.8) is 0 Å². The lowest BCUT2D eigenvalue weighted by Crippen LogP contribution is -2.14. The summed E-state index contributed by atoms with van der Waals surface area (Å²) in [4.78, 5) is 16.9. The summed E-state index contributed by atoms with van der Waals surface area (Å²) in [7, 11) is 0. The number of aromatic amines is 1. The number of hydrogen-bond donors (Lipinski definition) is 2. The summed E-state index contributed by atoms with van der Waals surface area (Å²) in [6, 6.07) is 5.61. The highest BCUT2D eigenvalue weighted by atomic mass is 32.2. The maximum absolute atomic E-state index is 15.3. The third-order valence-electron chi connectivity index (χ3n) is 5.21. The van der Waals surface area contributed by atoms with Gasteiger partial charge in [-0.1, -0.05) is 17.4 Å². The zero-order valence-corrected chi connectivity index (χ0v) is 18.3. The second kappa shape index (κ2) is 7.76. The van der Waals surface area contributed by atoms with Crippen LogP contribution in [0, 0.1) is 11.7 Å². The Balaban J connectivity index is 1.60. The quantitative estimate of drug-likeness (QED) is 0.377. The number of rotatable bonds is 6. The maximum atomic E-state index is 15.3. The van der Waals surface area contributed by atoms with Gasteiger partial charge in [-0.15, -0.1) is 11.8 Å². The monoisotopic (exact) mass is 460 g/mol. The Hall–Kier alpha value is -2.72. The van der Waals surface area contributed by atoms with E-state index < -0.39 is 17.9 Å². The van der Waals surface area contributed by atoms with Gasteiger partial charge >= 0.3 is 0 Å². The van der Waals surface area contributed by atoms with Crippen LogP contribution in [0.15, 0.2) is 29.3 Å². The number of ether oxygens (including phenoxy) is 1. The predicted molar refractivity (Wildman–Crippen MR) is 119 cm³/mol. The largest absolute Gasteiger partial charge is 0.489 e. The maximum Gasteiger partial charge on any atom is 0.232 e. The Morgan fingerprint density at radius 3 is 2.97 bits per heavy atom. The standard InChI is InChI=1S/C21H18F2N4O2S2/c1-3-29-18-16(23)19(30-2)15(11-8-24-27-17(11)18)9-4-5-13-14(6-9)31-21(25-13)26-20(28)10-7-12(10)22/h4-6,8,10,12H,3,7H2,1-2H3,(H,24,27)(H,25,26,28)/t10-,12+/m1/s1. The first-order chi connectivity index (χ1) is 15.0. The molecule has 1 amide bonds. The van der Waals surface area contributed by atoms with Crippen LogP contribution >= 0.6 is 23.1 Å². The van der Waals surface area contributed by atoms with Crippen molar-refractivity contribution in [2.75, 3.05) is 18.2 Å². The van der Waals surface area contributed by atoms with Crippen LogP contribution in [0.5, 0.6) is 5.75 Å². The molecule has 0 unspecified atom stereocenters. The van der Waals surface area contributed by atoms with E-state index in [-0.39, 0.29) is 18.1 Å². The zero-order valence-electron chi connectivity index (χ0n) is 16.7. The normalized spacial score (nSPS) is 17.9. The molecule has 2 aromatic heterocycles. The molecule has 31 heavy (non-hydrogen) atoms. The van der Waals surface area contributed by atoms with E-state index in [2.05, 4.69) is 20.5 Å². The van der Waals surface area contributed by atoms with Crippen molar-refractivity contribution < 1.29 is 18.3 Å². The number of carbonyl (C=O) groups excluding carboxylic acids is 1. The molecule has 6 nitrogen and oxygen atoms in total. The second-order valence-electron chi connectivity index (χ2n) is 7.19. The van der Waals surface area contributed by atoms with E-state index in [0.717, 1.165) is 21.2 Å². The summed E-state index contributed by atoms with van der Waals surface area (Å²) in [5.41, 5.74) is 2.74. The Bertz CT molecular complexity index is 1320. The van der Waals surface area contributed by atoms with Crippen molar-refractivity contribution in [3.05, 3.63) is 30.2 Å². The lowest BCUT2D eigenvalue weighted by Gasteiger charge is -2.15. The molecule has 0 saturated heterocycles. The Morgan fingerprint density at radius 1 is 1.45 bits per heavy atom. The minimum absolute atomic E-state index is 0.165. The SMILES string of the molecule is CCOc1c(F)c(SC)c(-c2ccc3nc(NC(=O)[C@@H]4C[C@@H]4F)sc3c2)c2cn[nH]c12. The molecule has 4 aromatic rings. The number of hydrogen-bond acceptors (Lipinski definition) is 6. The van der Waals surface area contributed by atoms with E-state index in [0.29, 0.717) is 27.7 Å². The first kappa shape index (κ1) is 20.2. The Morgan fingerprint density at radius 2 is 2.26 bits per heavy atom. The van der Waals surface area contributed by atoms with Gasteiger partial charge < -0.3 is 10.1 Å². The molecular formula is C21H18F2N4O2S2. The first-order valence-electron chi connectivity index (χ1n) is 9.73. The summed E-state index contributed by atoms with van der Waals surface area (Å²) in [5.74, 6) is -1.18. The van der Waals surface area contributed by atoms with E-state index in [1.165, 1.54) is 23.1 Å². The number of nitrogens with zero attached hydrogens (tertiary/aromatic N) is 2. The van der Waals surface area contributed by atoms with E-state index in [1.54, 1.807) is 13.1 Å². The molecule has 160 valence electrons. The molecule has 1 aliphatic rings. The Kier molecular flexibility index (Phi) is 5.05. The van der Waals surface area contributed by atoms with E-state index >= 15 is 4.39 Å². The van der Waals surface area contributed by atoms with Crippen LogP contribution in [0.1, 0.15) is 13.3 Å². The zero-order chi connectivity index (χ0) is 21.7. The van der Waals surface area contributed by atoms with Crippen LogP contribution in [0.4, 0.5) is 13.9 Å². The topological polar surface area (TPSA) is 79.9 Å². The van der Waals surface area contributed by atoms with Crippen LogP contribution in [0.2, 0.25) is 0 Å². The second-order valence-corrected chi connectivity index (χ2v) is 9.04. The number of benzene rings is 2. The van der Waals surface area contributed by atoms with Crippen molar-refractivity contribution in [2.24, 2.45) is 5.92 Å². The lowest BCUT2D eigenvalue weighted by molar-refractivity contribution is -0.117. The number of anilines is 1. The van der Waals surface area contributed by atoms with Crippen LogP contribution in [-0.2, 0) is 4.79 Å². The average molecular weight is 461 g/mol. The van der Waals surface area contributed by atoms with Gasteiger partial charge in [0.25, 0.3) is 0 Å². The number of aromatic nitrogens is 3. The van der Waals surface area contributed by atoms with Crippen LogP contribution in [0.3, 0.4) is 0 Å². The molecule has 1 aliphatic carbocycles. The summed E-state index contributed by atoms with van der Waals surface area (Å²) >= 11 is 2.61. The number of alkyl halides is 1. The van der Waals surface area contributed by atoms with Crippen molar-refractivity contribution >= 4 is 55.3 Å². The fourth-order valence-electron chi connectivity index (χ4n) is 3.62. The number of amides is 1. The number of nitrogens with one attached hydrogen (secondary N) is 2. The number of halogens is 2. The molecule has 2 heterocycles. The molecule has 2 aromatic carbocycles. The number of carbonyl (C=O) groups is 1. The van der Waals surface area contributed by atoms with Crippen molar-refractivity contribution in [1.29, 1.82) is 0 Å². The third kappa shape index (κ3) is 3.43. The van der Waals surface area contributed by atoms with Gasteiger partial charge in [0.2, 0.25) is 5.91 Å². The number of thioether (sulfide) groups is 1. The van der Waals surface area contributed by atoms with Gasteiger partial charge in [0, 0.05) is 10.9 Å². The van der Waals surface area contributed by atoms with Crippen molar-refractivity contribution in [2.45, 2.75) is 24.4 Å². The molecule has 1 fully saturated rings. The molecule has 1 saturated carbocycles. The predicted octanol–water partition coefficient (Wildman–Crippen LogP) is 5.40. The smallest absolute Gasteiger partial charge is 0.232 e. The summed E-state index contributed by atoms with van der Waals surface area (Å²) in [6.07, 6.45) is 2.69. The van der Waals surface area contributed by atoms with Gasteiger partial charge in [0.15, 0.2) is 16.7 Å². The van der Waals surface area contributed by atoms with Gasteiger partial charge in [-0.05, 0) is 37.3 Å². The fraction of sp³-hybridized carbons (Fsp3) is 0.286. The summed E-state index contributed by atoms with van der Waals surface area (Å²) in [6.45, 7) is 2.14. The van der Waals surface area contributed by atoms with E-state index in [4.69, 9.17) is 4.74 Å². The van der Waals surface area contributed by atoms with Crippen LogP contribution < -0.4 is 10.1 Å². The highest BCUT2D eigenvalue weighted by Crippen LogP contribution is 2.44.